The maximum absolute atomic E-state index is 13.1. The molecule has 11 heteroatoms. The molecule has 2 aromatic heterocycles. The number of aromatic nitrogens is 3. The van der Waals surface area contributed by atoms with Gasteiger partial charge in [-0.15, -0.1) is 0 Å². The first kappa shape index (κ1) is 23.1. The lowest BCUT2D eigenvalue weighted by molar-refractivity contribution is -0.136. The Morgan fingerprint density at radius 2 is 2.16 bits per heavy atom. The second kappa shape index (κ2) is 9.29. The van der Waals surface area contributed by atoms with Gasteiger partial charge in [0.15, 0.2) is 5.82 Å². The predicted molar refractivity (Wildman–Crippen MR) is 115 cm³/mol. The lowest BCUT2D eigenvalue weighted by Crippen LogP contribution is -2.37. The summed E-state index contributed by atoms with van der Waals surface area (Å²) in [6.07, 6.45) is 2.89. The van der Waals surface area contributed by atoms with Gasteiger partial charge in [-0.1, -0.05) is 30.2 Å². The summed E-state index contributed by atoms with van der Waals surface area (Å²) in [6.45, 7) is 3.83. The van der Waals surface area contributed by atoms with Crippen molar-refractivity contribution in [3.8, 4) is 11.5 Å². The second-order valence-electron chi connectivity index (χ2n) is 7.39. The number of nitrogens with one attached hydrogen (secondary N) is 1. The number of H-pyrrole nitrogens is 1. The number of sulfonamides is 1. The van der Waals surface area contributed by atoms with Gasteiger partial charge in [-0.3, -0.25) is 4.79 Å². The van der Waals surface area contributed by atoms with Gasteiger partial charge in [0.05, 0.1) is 6.20 Å². The lowest BCUT2D eigenvalue weighted by atomic mass is 9.95. The number of carbonyl (C=O) groups is 1. The number of halogens is 2. The molecule has 0 bridgehead atoms. The van der Waals surface area contributed by atoms with Gasteiger partial charge in [-0.05, 0) is 37.0 Å². The highest BCUT2D eigenvalue weighted by Gasteiger charge is 2.29. The minimum Gasteiger partial charge on any atom is -0.481 e. The second-order valence-corrected chi connectivity index (χ2v) is 9.55. The summed E-state index contributed by atoms with van der Waals surface area (Å²) in [6, 6.07) is 2.76. The predicted octanol–water partition coefficient (Wildman–Crippen LogP) is 3.70. The number of imidazole rings is 1. The molecule has 166 valence electrons. The Kier molecular flexibility index (Phi) is 6.93. The summed E-state index contributed by atoms with van der Waals surface area (Å²) in [5.74, 6) is -1.24. The monoisotopic (exact) mass is 468 g/mol. The zero-order chi connectivity index (χ0) is 22.8. The van der Waals surface area contributed by atoms with E-state index < -0.39 is 21.8 Å². The smallest absolute Gasteiger partial charge is 0.303 e. The average molecular weight is 469 g/mol. The minimum absolute atomic E-state index is 0.124. The normalized spacial score (nSPS) is 18.1. The number of pyridine rings is 1. The Balaban J connectivity index is 1.80. The Bertz CT molecular complexity index is 1140. The van der Waals surface area contributed by atoms with Crippen LogP contribution in [0.15, 0.2) is 35.4 Å². The number of carboxylic acid groups (broad SMARTS) is 1. The van der Waals surface area contributed by atoms with E-state index in [4.69, 9.17) is 16.7 Å². The van der Waals surface area contributed by atoms with Crippen molar-refractivity contribution in [1.29, 1.82) is 0 Å². The third-order valence-corrected chi connectivity index (χ3v) is 6.86. The molecule has 31 heavy (non-hydrogen) atoms. The molecule has 0 radical (unpaired) electrons. The molecule has 8 nitrogen and oxygen atoms in total. The molecular formula is C20H22ClFN4O4S. The van der Waals surface area contributed by atoms with E-state index >= 15 is 0 Å². The van der Waals surface area contributed by atoms with Crippen LogP contribution in [0.25, 0.3) is 17.1 Å². The summed E-state index contributed by atoms with van der Waals surface area (Å²) in [5, 5.41) is 10.2. The molecule has 0 spiro atoms. The van der Waals surface area contributed by atoms with Gasteiger partial charge in [-0.25, -0.2) is 22.8 Å². The van der Waals surface area contributed by atoms with Crippen LogP contribution >= 0.6 is 11.6 Å². The van der Waals surface area contributed by atoms with Crippen molar-refractivity contribution in [2.75, 3.05) is 13.1 Å². The maximum atomic E-state index is 13.1. The third-order valence-electron chi connectivity index (χ3n) is 4.87. The van der Waals surface area contributed by atoms with Crippen LogP contribution in [0.1, 0.15) is 32.4 Å². The Morgan fingerprint density at radius 3 is 2.77 bits per heavy atom. The quantitative estimate of drug-likeness (QED) is 0.640. The molecule has 0 aliphatic carbocycles. The van der Waals surface area contributed by atoms with Crippen molar-refractivity contribution in [2.45, 2.75) is 26.7 Å². The van der Waals surface area contributed by atoms with E-state index in [1.54, 1.807) is 13.0 Å². The molecule has 0 saturated heterocycles. The Labute approximate surface area is 184 Å². The fourth-order valence-electron chi connectivity index (χ4n) is 3.29. The molecule has 2 aromatic rings. The van der Waals surface area contributed by atoms with E-state index in [1.165, 1.54) is 16.4 Å². The van der Waals surface area contributed by atoms with Gasteiger partial charge in [0.25, 0.3) is 0 Å². The standard InChI is InChI=1S/C20H22ClFN4O4S/c1-12(3-6-17(27)28)11-31(29,30)26-8-7-15(13(2)10-26)18-19(21)25-20(24-18)16-5-4-14(22)9-23-16/h4-5,7,9,11,13H,3,6,8,10H2,1-2H3,(H,24,25)(H,27,28)/b12-11+/t13-/m0/s1. The molecule has 3 heterocycles. The van der Waals surface area contributed by atoms with Crippen molar-refractivity contribution < 1.29 is 22.7 Å². The fourth-order valence-corrected chi connectivity index (χ4v) is 5.02. The zero-order valence-corrected chi connectivity index (χ0v) is 18.5. The first-order valence-corrected chi connectivity index (χ1v) is 11.4. The zero-order valence-electron chi connectivity index (χ0n) is 17.0. The fraction of sp³-hybridized carbons (Fsp3) is 0.350. The summed E-state index contributed by atoms with van der Waals surface area (Å²) < 4.78 is 39.8. The van der Waals surface area contributed by atoms with Gasteiger partial charge < -0.3 is 10.1 Å². The molecule has 1 atom stereocenters. The van der Waals surface area contributed by atoms with Crippen LogP contribution in [0, 0.1) is 11.7 Å². The van der Waals surface area contributed by atoms with Crippen LogP contribution in [0.4, 0.5) is 4.39 Å². The summed E-state index contributed by atoms with van der Waals surface area (Å²) >= 11 is 6.33. The number of hydrogen-bond donors (Lipinski definition) is 2. The number of aromatic amines is 1. The summed E-state index contributed by atoms with van der Waals surface area (Å²) in [7, 11) is -3.69. The number of aliphatic carboxylic acids is 1. The SMILES string of the molecule is C/C(=C\S(=O)(=O)N1CC=C(c2nc(-c3ccc(F)cn3)[nH]c2Cl)[C@@H](C)C1)CCC(=O)O. The lowest BCUT2D eigenvalue weighted by Gasteiger charge is -2.29. The number of allylic oxidation sites excluding steroid dienone is 1. The summed E-state index contributed by atoms with van der Waals surface area (Å²) in [5.41, 5.74) is 2.22. The summed E-state index contributed by atoms with van der Waals surface area (Å²) in [4.78, 5) is 22.1. The van der Waals surface area contributed by atoms with Crippen LogP contribution in [-0.2, 0) is 14.8 Å². The molecule has 0 amide bonds. The van der Waals surface area contributed by atoms with Crippen molar-refractivity contribution in [2.24, 2.45) is 5.92 Å². The van der Waals surface area contributed by atoms with E-state index in [0.29, 0.717) is 27.9 Å². The van der Waals surface area contributed by atoms with E-state index in [0.717, 1.165) is 17.2 Å². The minimum atomic E-state index is -3.69. The van der Waals surface area contributed by atoms with Crippen LogP contribution < -0.4 is 0 Å². The van der Waals surface area contributed by atoms with E-state index in [9.17, 15) is 17.6 Å². The van der Waals surface area contributed by atoms with Gasteiger partial charge in [-0.2, -0.15) is 4.31 Å². The largest absolute Gasteiger partial charge is 0.481 e. The highest BCUT2D eigenvalue weighted by Crippen LogP contribution is 2.33. The molecule has 0 aromatic carbocycles. The Hall–Kier alpha value is -2.56. The number of hydrogen-bond acceptors (Lipinski definition) is 5. The molecule has 1 aliphatic rings. The van der Waals surface area contributed by atoms with Crippen molar-refractivity contribution >= 4 is 33.2 Å². The molecule has 0 unspecified atom stereocenters. The molecule has 2 N–H and O–H groups in total. The molecular weight excluding hydrogens is 447 g/mol. The van der Waals surface area contributed by atoms with Gasteiger partial charge in [0.1, 0.15) is 22.4 Å². The number of carboxylic acids is 1. The number of rotatable bonds is 7. The molecule has 3 rings (SSSR count). The maximum Gasteiger partial charge on any atom is 0.303 e. The number of nitrogens with zero attached hydrogens (tertiary/aromatic N) is 3. The van der Waals surface area contributed by atoms with Gasteiger partial charge >= 0.3 is 5.97 Å². The van der Waals surface area contributed by atoms with Crippen LogP contribution in [-0.4, -0.2) is 51.8 Å². The van der Waals surface area contributed by atoms with E-state index in [-0.39, 0.29) is 31.8 Å². The first-order valence-electron chi connectivity index (χ1n) is 9.54. The van der Waals surface area contributed by atoms with Gasteiger partial charge in [0.2, 0.25) is 10.0 Å². The highest BCUT2D eigenvalue weighted by atomic mass is 35.5. The first-order chi connectivity index (χ1) is 14.6. The van der Waals surface area contributed by atoms with Gasteiger partial charge in [0, 0.05) is 24.9 Å². The van der Waals surface area contributed by atoms with Crippen LogP contribution in [0.2, 0.25) is 5.15 Å². The third kappa shape index (κ3) is 5.57. The van der Waals surface area contributed by atoms with Crippen molar-refractivity contribution in [3.05, 3.63) is 52.1 Å². The van der Waals surface area contributed by atoms with Crippen molar-refractivity contribution in [3.63, 3.8) is 0 Å². The molecule has 1 aliphatic heterocycles. The average Bonchev–Trinajstić information content (AvgIpc) is 3.08. The molecule has 0 fully saturated rings. The van der Waals surface area contributed by atoms with E-state index in [2.05, 4.69) is 15.0 Å². The van der Waals surface area contributed by atoms with Crippen LogP contribution in [0.3, 0.4) is 0 Å². The van der Waals surface area contributed by atoms with E-state index in [1.807, 2.05) is 6.92 Å². The Morgan fingerprint density at radius 1 is 1.42 bits per heavy atom. The highest BCUT2D eigenvalue weighted by molar-refractivity contribution is 7.92. The molecule has 0 saturated carbocycles. The van der Waals surface area contributed by atoms with Crippen LogP contribution in [0.5, 0.6) is 0 Å². The van der Waals surface area contributed by atoms with Crippen molar-refractivity contribution in [1.82, 2.24) is 19.3 Å². The topological polar surface area (TPSA) is 116 Å².